The Morgan fingerprint density at radius 1 is 1.33 bits per heavy atom. The quantitative estimate of drug-likeness (QED) is 0.827. The van der Waals surface area contributed by atoms with E-state index in [0.29, 0.717) is 12.1 Å². The molecule has 118 valence electrons. The third kappa shape index (κ3) is 3.50. The highest BCUT2D eigenvalue weighted by Gasteiger charge is 2.40. The van der Waals surface area contributed by atoms with Crippen LogP contribution in [0.5, 0.6) is 0 Å². The van der Waals surface area contributed by atoms with Gasteiger partial charge in [-0.2, -0.15) is 5.10 Å². The molecule has 4 atom stereocenters. The smallest absolute Gasteiger partial charge is 0.0640 e. The summed E-state index contributed by atoms with van der Waals surface area (Å²) in [5.74, 6) is 3.06. The molecule has 1 N–H and O–H groups in total. The van der Waals surface area contributed by atoms with Crippen LogP contribution in [0.4, 0.5) is 0 Å². The van der Waals surface area contributed by atoms with Crippen molar-refractivity contribution in [1.82, 2.24) is 15.1 Å². The molecule has 3 heteroatoms. The van der Waals surface area contributed by atoms with Crippen LogP contribution in [0.3, 0.4) is 0 Å². The van der Waals surface area contributed by atoms with Crippen LogP contribution in [0, 0.1) is 17.8 Å². The van der Waals surface area contributed by atoms with E-state index in [1.165, 1.54) is 37.8 Å². The first-order valence-electron chi connectivity index (χ1n) is 8.93. The van der Waals surface area contributed by atoms with Crippen molar-refractivity contribution in [1.29, 1.82) is 0 Å². The Labute approximate surface area is 129 Å². The Balaban J connectivity index is 1.58. The average molecular weight is 289 g/mol. The lowest BCUT2D eigenvalue weighted by Gasteiger charge is -2.27. The number of fused-ring (bicyclic) bond motifs is 2. The van der Waals surface area contributed by atoms with Gasteiger partial charge in [-0.3, -0.25) is 4.68 Å². The molecule has 2 saturated carbocycles. The van der Waals surface area contributed by atoms with Gasteiger partial charge in [0.05, 0.1) is 5.69 Å². The van der Waals surface area contributed by atoms with E-state index in [1.54, 1.807) is 0 Å². The van der Waals surface area contributed by atoms with Crippen LogP contribution in [0.25, 0.3) is 0 Å². The highest BCUT2D eigenvalue weighted by Crippen LogP contribution is 2.49. The Kier molecular flexibility index (Phi) is 4.68. The second kappa shape index (κ2) is 6.51. The van der Waals surface area contributed by atoms with Crippen LogP contribution < -0.4 is 5.32 Å². The van der Waals surface area contributed by atoms with Gasteiger partial charge in [-0.25, -0.2) is 0 Å². The molecule has 1 aromatic heterocycles. The minimum atomic E-state index is 0.460. The molecule has 2 aliphatic rings. The molecule has 0 radical (unpaired) electrons. The Morgan fingerprint density at radius 2 is 2.19 bits per heavy atom. The predicted molar refractivity (Wildman–Crippen MR) is 87.3 cm³/mol. The summed E-state index contributed by atoms with van der Waals surface area (Å²) in [6, 6.07) is 3.27. The van der Waals surface area contributed by atoms with E-state index in [-0.39, 0.29) is 0 Å². The van der Waals surface area contributed by atoms with Gasteiger partial charge in [-0.15, -0.1) is 0 Å². The lowest BCUT2D eigenvalue weighted by Crippen LogP contribution is -2.34. The van der Waals surface area contributed by atoms with Crippen LogP contribution in [0.15, 0.2) is 12.3 Å². The van der Waals surface area contributed by atoms with Gasteiger partial charge in [0.15, 0.2) is 0 Å². The van der Waals surface area contributed by atoms with Crippen LogP contribution in [-0.4, -0.2) is 22.4 Å². The first-order valence-corrected chi connectivity index (χ1v) is 8.93. The monoisotopic (exact) mass is 289 g/mol. The van der Waals surface area contributed by atoms with Crippen molar-refractivity contribution in [3.8, 4) is 0 Å². The maximum Gasteiger partial charge on any atom is 0.0640 e. The highest BCUT2D eigenvalue weighted by atomic mass is 15.3. The van der Waals surface area contributed by atoms with Gasteiger partial charge in [0.25, 0.3) is 0 Å². The molecule has 1 heterocycles. The summed E-state index contributed by atoms with van der Waals surface area (Å²) in [7, 11) is 0. The number of likely N-dealkylation sites (N-methyl/N-ethyl adjacent to an activating group) is 1. The molecule has 2 bridgehead atoms. The Bertz CT molecular complexity index is 451. The summed E-state index contributed by atoms with van der Waals surface area (Å²) < 4.78 is 2.08. The molecule has 2 fully saturated rings. The summed E-state index contributed by atoms with van der Waals surface area (Å²) in [5.41, 5.74) is 1.25. The fourth-order valence-corrected chi connectivity index (χ4v) is 4.58. The average Bonchev–Trinajstić information content (AvgIpc) is 3.14. The first-order chi connectivity index (χ1) is 10.2. The standard InChI is InChI=1S/C18H31N3/c1-4-19-18(11-16-10-14-5-6-15(16)9-14)12-17-7-8-21(20-17)13(2)3/h7-8,13-16,18-19H,4-6,9-12H2,1-3H3. The number of nitrogens with zero attached hydrogens (tertiary/aromatic N) is 2. The maximum absolute atomic E-state index is 4.73. The van der Waals surface area contributed by atoms with E-state index in [9.17, 15) is 0 Å². The third-order valence-corrected chi connectivity index (χ3v) is 5.61. The van der Waals surface area contributed by atoms with E-state index < -0.39 is 0 Å². The summed E-state index contributed by atoms with van der Waals surface area (Å²) in [5, 5.41) is 8.44. The van der Waals surface area contributed by atoms with E-state index in [2.05, 4.69) is 43.0 Å². The summed E-state index contributed by atoms with van der Waals surface area (Å²) in [6.45, 7) is 7.67. The fourth-order valence-electron chi connectivity index (χ4n) is 4.58. The molecule has 4 unspecified atom stereocenters. The molecule has 0 aromatic carbocycles. The van der Waals surface area contributed by atoms with Gasteiger partial charge < -0.3 is 5.32 Å². The van der Waals surface area contributed by atoms with Crippen molar-refractivity contribution >= 4 is 0 Å². The number of hydrogen-bond acceptors (Lipinski definition) is 2. The topological polar surface area (TPSA) is 29.9 Å². The van der Waals surface area contributed by atoms with E-state index in [4.69, 9.17) is 5.10 Å². The highest BCUT2D eigenvalue weighted by molar-refractivity contribution is 5.03. The molecule has 21 heavy (non-hydrogen) atoms. The van der Waals surface area contributed by atoms with Crippen LogP contribution in [-0.2, 0) is 6.42 Å². The van der Waals surface area contributed by atoms with Gasteiger partial charge in [-0.05, 0) is 69.9 Å². The molecule has 0 spiro atoms. The zero-order valence-corrected chi connectivity index (χ0v) is 13.9. The van der Waals surface area contributed by atoms with Gasteiger partial charge in [-0.1, -0.05) is 13.3 Å². The molecule has 2 aliphatic carbocycles. The van der Waals surface area contributed by atoms with Gasteiger partial charge >= 0.3 is 0 Å². The predicted octanol–water partition coefficient (Wildman–Crippen LogP) is 3.81. The van der Waals surface area contributed by atoms with Crippen molar-refractivity contribution in [3.05, 3.63) is 18.0 Å². The number of nitrogens with one attached hydrogen (secondary N) is 1. The molecule has 0 aliphatic heterocycles. The summed E-state index contributed by atoms with van der Waals surface area (Å²) in [4.78, 5) is 0. The van der Waals surface area contributed by atoms with E-state index in [1.807, 2.05) is 0 Å². The number of aromatic nitrogens is 2. The second-order valence-corrected chi connectivity index (χ2v) is 7.51. The second-order valence-electron chi connectivity index (χ2n) is 7.51. The third-order valence-electron chi connectivity index (χ3n) is 5.61. The SMILES string of the molecule is CCNC(Cc1ccn(C(C)C)n1)CC1CC2CCC1C2. The van der Waals surface area contributed by atoms with Crippen molar-refractivity contribution in [3.63, 3.8) is 0 Å². The van der Waals surface area contributed by atoms with Crippen LogP contribution in [0.1, 0.15) is 64.6 Å². The fraction of sp³-hybridized carbons (Fsp3) is 0.833. The molecular formula is C18H31N3. The van der Waals surface area contributed by atoms with Crippen molar-refractivity contribution < 1.29 is 0 Å². The lowest BCUT2D eigenvalue weighted by molar-refractivity contribution is 0.277. The minimum Gasteiger partial charge on any atom is -0.314 e. The largest absolute Gasteiger partial charge is 0.314 e. The molecule has 3 rings (SSSR count). The molecular weight excluding hydrogens is 258 g/mol. The first kappa shape index (κ1) is 15.1. The van der Waals surface area contributed by atoms with Crippen molar-refractivity contribution in [2.45, 2.75) is 71.4 Å². The Morgan fingerprint density at radius 3 is 2.76 bits per heavy atom. The minimum absolute atomic E-state index is 0.460. The van der Waals surface area contributed by atoms with Crippen molar-refractivity contribution in [2.24, 2.45) is 17.8 Å². The van der Waals surface area contributed by atoms with Crippen LogP contribution >= 0.6 is 0 Å². The maximum atomic E-state index is 4.73. The number of hydrogen-bond donors (Lipinski definition) is 1. The summed E-state index contributed by atoms with van der Waals surface area (Å²) >= 11 is 0. The van der Waals surface area contributed by atoms with Gasteiger partial charge in [0.1, 0.15) is 0 Å². The summed E-state index contributed by atoms with van der Waals surface area (Å²) in [6.07, 6.45) is 10.6. The van der Waals surface area contributed by atoms with E-state index >= 15 is 0 Å². The molecule has 0 saturated heterocycles. The van der Waals surface area contributed by atoms with E-state index in [0.717, 1.165) is 30.7 Å². The molecule has 0 amide bonds. The lowest BCUT2D eigenvalue weighted by atomic mass is 9.83. The molecule has 1 aromatic rings. The zero-order valence-electron chi connectivity index (χ0n) is 13.9. The molecule has 3 nitrogen and oxygen atoms in total. The van der Waals surface area contributed by atoms with Gasteiger partial charge in [0, 0.05) is 24.7 Å². The van der Waals surface area contributed by atoms with Crippen LogP contribution in [0.2, 0.25) is 0 Å². The Hall–Kier alpha value is -0.830. The zero-order chi connectivity index (χ0) is 14.8. The normalized spacial score (nSPS) is 29.4. The van der Waals surface area contributed by atoms with Gasteiger partial charge in [0.2, 0.25) is 0 Å². The number of rotatable bonds is 7. The van der Waals surface area contributed by atoms with Crippen molar-refractivity contribution in [2.75, 3.05) is 6.54 Å².